The van der Waals surface area contributed by atoms with Gasteiger partial charge in [0.05, 0.1) is 5.92 Å². The number of rotatable bonds is 3. The lowest BCUT2D eigenvalue weighted by atomic mass is 9.96. The van der Waals surface area contributed by atoms with Crippen molar-refractivity contribution in [3.63, 3.8) is 0 Å². The van der Waals surface area contributed by atoms with Gasteiger partial charge in [0.1, 0.15) is 13.2 Å². The van der Waals surface area contributed by atoms with Gasteiger partial charge in [-0.3, -0.25) is 9.59 Å². The van der Waals surface area contributed by atoms with Gasteiger partial charge in [0.25, 0.3) is 0 Å². The first-order valence-electron chi connectivity index (χ1n) is 8.70. The first-order chi connectivity index (χ1) is 11.7. The van der Waals surface area contributed by atoms with Crippen molar-refractivity contribution in [2.75, 3.05) is 31.6 Å². The fraction of sp³-hybridized carbons (Fsp3) is 0.556. The minimum atomic E-state index is -0.144. The monoisotopic (exact) mass is 330 g/mol. The number of piperidine rings is 1. The molecule has 1 aromatic carbocycles. The number of nitrogens with one attached hydrogen (secondary N) is 1. The van der Waals surface area contributed by atoms with E-state index < -0.39 is 0 Å². The summed E-state index contributed by atoms with van der Waals surface area (Å²) in [5.41, 5.74) is 0.704. The molecule has 1 N–H and O–H groups in total. The zero-order valence-electron chi connectivity index (χ0n) is 13.6. The van der Waals surface area contributed by atoms with Crippen LogP contribution in [0, 0.1) is 11.8 Å². The van der Waals surface area contributed by atoms with Crippen molar-refractivity contribution in [3.8, 4) is 11.5 Å². The van der Waals surface area contributed by atoms with Gasteiger partial charge >= 0.3 is 0 Å². The van der Waals surface area contributed by atoms with Crippen LogP contribution in [0.25, 0.3) is 0 Å². The van der Waals surface area contributed by atoms with Crippen LogP contribution in [0.5, 0.6) is 11.5 Å². The van der Waals surface area contributed by atoms with Gasteiger partial charge in [-0.15, -0.1) is 0 Å². The summed E-state index contributed by atoms with van der Waals surface area (Å²) >= 11 is 0. The number of anilines is 1. The summed E-state index contributed by atoms with van der Waals surface area (Å²) in [4.78, 5) is 26.6. The number of fused-ring (bicyclic) bond motifs is 1. The maximum atomic E-state index is 12.6. The van der Waals surface area contributed by atoms with Crippen LogP contribution in [-0.4, -0.2) is 43.0 Å². The highest BCUT2D eigenvalue weighted by atomic mass is 16.6. The summed E-state index contributed by atoms with van der Waals surface area (Å²) in [6.45, 7) is 2.38. The van der Waals surface area contributed by atoms with E-state index in [4.69, 9.17) is 9.47 Å². The standard InChI is InChI=1S/C18H22N2O4/c21-17(13-2-1-7-20(11-13)18(22)12-3-4-12)19-14-5-6-15-16(10-14)24-9-8-23-15/h5-6,10,12-13H,1-4,7-9,11H2,(H,19,21). The quantitative estimate of drug-likeness (QED) is 0.921. The molecule has 1 aliphatic carbocycles. The highest BCUT2D eigenvalue weighted by Gasteiger charge is 2.36. The Morgan fingerprint density at radius 1 is 1.04 bits per heavy atom. The highest BCUT2D eigenvalue weighted by Crippen LogP contribution is 2.34. The molecule has 2 heterocycles. The van der Waals surface area contributed by atoms with Gasteiger partial charge < -0.3 is 19.7 Å². The third kappa shape index (κ3) is 3.18. The Bertz CT molecular complexity index is 656. The summed E-state index contributed by atoms with van der Waals surface area (Å²) in [5.74, 6) is 1.64. The van der Waals surface area contributed by atoms with Crippen LogP contribution < -0.4 is 14.8 Å². The number of amides is 2. The lowest BCUT2D eigenvalue weighted by Crippen LogP contribution is -2.44. The van der Waals surface area contributed by atoms with Crippen LogP contribution in [0.4, 0.5) is 5.69 Å². The van der Waals surface area contributed by atoms with Gasteiger partial charge in [-0.05, 0) is 37.8 Å². The van der Waals surface area contributed by atoms with Crippen LogP contribution >= 0.6 is 0 Å². The molecule has 128 valence electrons. The van der Waals surface area contributed by atoms with E-state index in [1.807, 2.05) is 17.0 Å². The smallest absolute Gasteiger partial charge is 0.229 e. The molecule has 1 atom stereocenters. The van der Waals surface area contributed by atoms with E-state index in [0.29, 0.717) is 36.9 Å². The van der Waals surface area contributed by atoms with Crippen molar-refractivity contribution in [2.45, 2.75) is 25.7 Å². The van der Waals surface area contributed by atoms with Crippen molar-refractivity contribution >= 4 is 17.5 Å². The Balaban J connectivity index is 1.39. The fourth-order valence-electron chi connectivity index (χ4n) is 3.35. The highest BCUT2D eigenvalue weighted by molar-refractivity contribution is 5.93. The minimum absolute atomic E-state index is 0.0278. The molecule has 1 unspecified atom stereocenters. The van der Waals surface area contributed by atoms with E-state index in [1.165, 1.54) is 0 Å². The molecule has 0 aromatic heterocycles. The van der Waals surface area contributed by atoms with Gasteiger partial charge in [-0.1, -0.05) is 0 Å². The topological polar surface area (TPSA) is 67.9 Å². The second kappa shape index (κ2) is 6.34. The maximum absolute atomic E-state index is 12.6. The van der Waals surface area contributed by atoms with Gasteiger partial charge in [-0.25, -0.2) is 0 Å². The summed E-state index contributed by atoms with van der Waals surface area (Å²) in [6, 6.07) is 5.43. The van der Waals surface area contributed by atoms with Gasteiger partial charge in [0.15, 0.2) is 11.5 Å². The minimum Gasteiger partial charge on any atom is -0.486 e. The molecule has 4 rings (SSSR count). The molecular weight excluding hydrogens is 308 g/mol. The van der Waals surface area contributed by atoms with Crippen molar-refractivity contribution in [2.24, 2.45) is 11.8 Å². The number of hydrogen-bond acceptors (Lipinski definition) is 4. The molecular formula is C18H22N2O4. The number of hydrogen-bond donors (Lipinski definition) is 1. The van der Waals surface area contributed by atoms with Gasteiger partial charge in [-0.2, -0.15) is 0 Å². The Morgan fingerprint density at radius 2 is 1.83 bits per heavy atom. The number of likely N-dealkylation sites (tertiary alicyclic amines) is 1. The maximum Gasteiger partial charge on any atom is 0.229 e. The zero-order valence-corrected chi connectivity index (χ0v) is 13.6. The largest absolute Gasteiger partial charge is 0.486 e. The number of ether oxygens (including phenoxy) is 2. The molecule has 0 radical (unpaired) electrons. The molecule has 2 aliphatic heterocycles. The molecule has 2 fully saturated rings. The molecule has 1 saturated carbocycles. The molecule has 1 saturated heterocycles. The van der Waals surface area contributed by atoms with Crippen LogP contribution in [0.15, 0.2) is 18.2 Å². The molecule has 0 bridgehead atoms. The van der Waals surface area contributed by atoms with Crippen molar-refractivity contribution in [3.05, 3.63) is 18.2 Å². The van der Waals surface area contributed by atoms with Crippen molar-refractivity contribution in [1.29, 1.82) is 0 Å². The van der Waals surface area contributed by atoms with Gasteiger partial charge in [0.2, 0.25) is 11.8 Å². The van der Waals surface area contributed by atoms with Crippen molar-refractivity contribution < 1.29 is 19.1 Å². The molecule has 1 aromatic rings. The Morgan fingerprint density at radius 3 is 2.62 bits per heavy atom. The van der Waals surface area contributed by atoms with E-state index in [1.54, 1.807) is 6.07 Å². The predicted molar refractivity (Wildman–Crippen MR) is 88.1 cm³/mol. The molecule has 24 heavy (non-hydrogen) atoms. The van der Waals surface area contributed by atoms with E-state index in [9.17, 15) is 9.59 Å². The number of carbonyl (C=O) groups is 2. The average Bonchev–Trinajstić information content (AvgIpc) is 3.46. The number of carbonyl (C=O) groups excluding carboxylic acids is 2. The summed E-state index contributed by atoms with van der Waals surface area (Å²) < 4.78 is 11.0. The second-order valence-corrected chi connectivity index (χ2v) is 6.75. The van der Waals surface area contributed by atoms with E-state index in [2.05, 4.69) is 5.32 Å². The van der Waals surface area contributed by atoms with Crippen LogP contribution in [0.3, 0.4) is 0 Å². The van der Waals surface area contributed by atoms with Crippen molar-refractivity contribution in [1.82, 2.24) is 4.90 Å². The first-order valence-corrected chi connectivity index (χ1v) is 8.70. The Kier molecular flexibility index (Phi) is 4.04. The molecule has 0 spiro atoms. The number of benzene rings is 1. The predicted octanol–water partition coefficient (Wildman–Crippen LogP) is 2.04. The summed E-state index contributed by atoms with van der Waals surface area (Å²) in [6.07, 6.45) is 3.72. The zero-order chi connectivity index (χ0) is 16.5. The molecule has 2 amide bonds. The van der Waals surface area contributed by atoms with E-state index in [0.717, 1.165) is 32.2 Å². The Labute approximate surface area is 141 Å². The van der Waals surface area contributed by atoms with E-state index in [-0.39, 0.29) is 23.7 Å². The average molecular weight is 330 g/mol. The van der Waals surface area contributed by atoms with Crippen LogP contribution in [-0.2, 0) is 9.59 Å². The van der Waals surface area contributed by atoms with Gasteiger partial charge in [0, 0.05) is 30.8 Å². The third-order valence-corrected chi connectivity index (χ3v) is 4.84. The lowest BCUT2D eigenvalue weighted by molar-refractivity contribution is -0.135. The Hall–Kier alpha value is -2.24. The lowest BCUT2D eigenvalue weighted by Gasteiger charge is -2.32. The first kappa shape index (κ1) is 15.3. The molecule has 3 aliphatic rings. The molecule has 6 heteroatoms. The van der Waals surface area contributed by atoms with Crippen LogP contribution in [0.1, 0.15) is 25.7 Å². The van der Waals surface area contributed by atoms with E-state index >= 15 is 0 Å². The fourth-order valence-corrected chi connectivity index (χ4v) is 3.35. The summed E-state index contributed by atoms with van der Waals surface area (Å²) in [5, 5.41) is 2.95. The summed E-state index contributed by atoms with van der Waals surface area (Å²) in [7, 11) is 0. The second-order valence-electron chi connectivity index (χ2n) is 6.75. The number of nitrogens with zero attached hydrogens (tertiary/aromatic N) is 1. The SMILES string of the molecule is O=C(Nc1ccc2c(c1)OCCO2)C1CCCN(C(=O)C2CC2)C1. The van der Waals surface area contributed by atoms with Crippen LogP contribution in [0.2, 0.25) is 0 Å². The molecule has 6 nitrogen and oxygen atoms in total. The third-order valence-electron chi connectivity index (χ3n) is 4.84. The normalized spacial score (nSPS) is 22.8.